The van der Waals surface area contributed by atoms with Gasteiger partial charge in [0.25, 0.3) is 5.91 Å². The molecule has 2 aromatic carbocycles. The van der Waals surface area contributed by atoms with Crippen molar-refractivity contribution in [2.24, 2.45) is 0 Å². The molecule has 11 heteroatoms. The molecule has 0 spiro atoms. The molecular formula is C24H25N3O7S. The van der Waals surface area contributed by atoms with E-state index in [1.807, 2.05) is 0 Å². The fourth-order valence-corrected chi connectivity index (χ4v) is 6.29. The van der Waals surface area contributed by atoms with Crippen LogP contribution in [0.25, 0.3) is 0 Å². The van der Waals surface area contributed by atoms with E-state index in [0.717, 1.165) is 16.8 Å². The molecule has 6 rings (SSSR count). The van der Waals surface area contributed by atoms with Crippen LogP contribution < -0.4 is 19.5 Å². The summed E-state index contributed by atoms with van der Waals surface area (Å²) in [4.78, 5) is 14.7. The Bertz CT molecular complexity index is 1320. The number of carbonyl (C=O) groups excluding carboxylic acids is 1. The molecule has 0 aliphatic carbocycles. The highest BCUT2D eigenvalue weighted by atomic mass is 32.2. The number of aliphatic hydroxyl groups excluding tert-OH is 1. The molecule has 1 unspecified atom stereocenters. The predicted octanol–water partition coefficient (Wildman–Crippen LogP) is 1.14. The molecule has 4 heterocycles. The SMILES string of the molecule is O=C(C(O)c1ccc2c(c1)NCCO2)N1CC2=C(C1)CN(S(=O)(=O)c1ccc3c(c1)OCCO3)C2. The molecule has 184 valence electrons. The number of aliphatic hydroxyl groups is 1. The maximum atomic E-state index is 13.2. The fourth-order valence-electron chi connectivity index (χ4n) is 4.85. The van der Waals surface area contributed by atoms with Crippen LogP contribution in [0.15, 0.2) is 52.4 Å². The first-order valence-electron chi connectivity index (χ1n) is 11.5. The van der Waals surface area contributed by atoms with Crippen molar-refractivity contribution in [3.63, 3.8) is 0 Å². The number of rotatable bonds is 4. The fraction of sp³-hybridized carbons (Fsp3) is 0.375. The van der Waals surface area contributed by atoms with Gasteiger partial charge in [-0.1, -0.05) is 6.07 Å². The molecule has 4 aliphatic rings. The lowest BCUT2D eigenvalue weighted by Crippen LogP contribution is -2.38. The Morgan fingerprint density at radius 2 is 1.57 bits per heavy atom. The second-order valence-corrected chi connectivity index (χ2v) is 10.9. The normalized spacial score (nSPS) is 20.1. The van der Waals surface area contributed by atoms with E-state index in [2.05, 4.69) is 5.32 Å². The lowest BCUT2D eigenvalue weighted by atomic mass is 10.1. The molecule has 1 amide bonds. The van der Waals surface area contributed by atoms with Gasteiger partial charge in [0.15, 0.2) is 17.6 Å². The van der Waals surface area contributed by atoms with Crippen molar-refractivity contribution in [1.29, 1.82) is 0 Å². The van der Waals surface area contributed by atoms with Gasteiger partial charge in [-0.05, 0) is 41.0 Å². The zero-order valence-electron chi connectivity index (χ0n) is 18.9. The van der Waals surface area contributed by atoms with Gasteiger partial charge in [0.2, 0.25) is 10.0 Å². The zero-order chi connectivity index (χ0) is 24.2. The topological polar surface area (TPSA) is 118 Å². The number of nitrogens with zero attached hydrogens (tertiary/aromatic N) is 2. The van der Waals surface area contributed by atoms with E-state index in [0.29, 0.717) is 62.3 Å². The van der Waals surface area contributed by atoms with Crippen molar-refractivity contribution in [3.05, 3.63) is 53.1 Å². The summed E-state index contributed by atoms with van der Waals surface area (Å²) >= 11 is 0. The van der Waals surface area contributed by atoms with Crippen LogP contribution in [0.1, 0.15) is 11.7 Å². The minimum absolute atomic E-state index is 0.149. The van der Waals surface area contributed by atoms with Crippen LogP contribution in [0.4, 0.5) is 5.69 Å². The Morgan fingerprint density at radius 3 is 2.34 bits per heavy atom. The predicted molar refractivity (Wildman–Crippen MR) is 125 cm³/mol. The van der Waals surface area contributed by atoms with Gasteiger partial charge in [0.05, 0.1) is 10.6 Å². The molecule has 4 aliphatic heterocycles. The number of amides is 1. The van der Waals surface area contributed by atoms with Gasteiger partial charge < -0.3 is 29.5 Å². The van der Waals surface area contributed by atoms with Crippen molar-refractivity contribution < 1.29 is 32.5 Å². The largest absolute Gasteiger partial charge is 0.490 e. The summed E-state index contributed by atoms with van der Waals surface area (Å²) < 4.78 is 44.5. The number of carbonyl (C=O) groups is 1. The lowest BCUT2D eigenvalue weighted by Gasteiger charge is -2.26. The van der Waals surface area contributed by atoms with Gasteiger partial charge in [-0.15, -0.1) is 0 Å². The summed E-state index contributed by atoms with van der Waals surface area (Å²) in [6, 6.07) is 9.80. The van der Waals surface area contributed by atoms with Crippen molar-refractivity contribution in [3.8, 4) is 17.2 Å². The molecular weight excluding hydrogens is 474 g/mol. The van der Waals surface area contributed by atoms with Gasteiger partial charge in [0, 0.05) is 38.8 Å². The van der Waals surface area contributed by atoms with Gasteiger partial charge in [-0.25, -0.2) is 8.42 Å². The number of hydrogen-bond donors (Lipinski definition) is 2. The molecule has 10 nitrogen and oxygen atoms in total. The summed E-state index contributed by atoms with van der Waals surface area (Å²) in [5.74, 6) is 1.25. The third-order valence-electron chi connectivity index (χ3n) is 6.69. The van der Waals surface area contributed by atoms with E-state index in [9.17, 15) is 18.3 Å². The minimum atomic E-state index is -3.74. The number of hydrogen-bond acceptors (Lipinski definition) is 8. The third kappa shape index (κ3) is 3.89. The summed E-state index contributed by atoms with van der Waals surface area (Å²) in [6.07, 6.45) is -1.30. The van der Waals surface area contributed by atoms with E-state index in [-0.39, 0.29) is 18.0 Å². The first-order chi connectivity index (χ1) is 16.9. The van der Waals surface area contributed by atoms with Crippen LogP contribution >= 0.6 is 0 Å². The smallest absolute Gasteiger partial charge is 0.256 e. The summed E-state index contributed by atoms with van der Waals surface area (Å²) in [5, 5.41) is 13.9. The Balaban J connectivity index is 1.12. The van der Waals surface area contributed by atoms with Crippen LogP contribution in [0, 0.1) is 0 Å². The summed E-state index contributed by atoms with van der Waals surface area (Å²) in [7, 11) is -3.74. The van der Waals surface area contributed by atoms with Crippen molar-refractivity contribution in [2.75, 3.05) is 57.9 Å². The molecule has 0 saturated carbocycles. The van der Waals surface area contributed by atoms with Gasteiger partial charge in [-0.3, -0.25) is 4.79 Å². The minimum Gasteiger partial charge on any atom is -0.490 e. The quantitative estimate of drug-likeness (QED) is 0.602. The molecule has 0 saturated heterocycles. The Hall–Kier alpha value is -3.28. The first kappa shape index (κ1) is 22.2. The molecule has 0 bridgehead atoms. The van der Waals surface area contributed by atoms with Crippen LogP contribution in [0.5, 0.6) is 17.2 Å². The number of benzene rings is 2. The van der Waals surface area contributed by atoms with Crippen molar-refractivity contribution in [1.82, 2.24) is 9.21 Å². The number of nitrogens with one attached hydrogen (secondary N) is 1. The first-order valence-corrected chi connectivity index (χ1v) is 12.9. The number of ether oxygens (including phenoxy) is 3. The zero-order valence-corrected chi connectivity index (χ0v) is 19.7. The van der Waals surface area contributed by atoms with E-state index in [4.69, 9.17) is 14.2 Å². The number of sulfonamides is 1. The molecule has 0 aromatic heterocycles. The number of fused-ring (bicyclic) bond motifs is 2. The molecule has 0 fully saturated rings. The summed E-state index contributed by atoms with van der Waals surface area (Å²) in [6.45, 7) is 3.06. The Morgan fingerprint density at radius 1 is 0.886 bits per heavy atom. The van der Waals surface area contributed by atoms with Gasteiger partial charge in [0.1, 0.15) is 25.6 Å². The highest BCUT2D eigenvalue weighted by Gasteiger charge is 2.39. The average molecular weight is 500 g/mol. The number of anilines is 1. The van der Waals surface area contributed by atoms with Gasteiger partial charge >= 0.3 is 0 Å². The maximum absolute atomic E-state index is 13.2. The highest BCUT2D eigenvalue weighted by molar-refractivity contribution is 7.89. The monoisotopic (exact) mass is 499 g/mol. The molecule has 2 N–H and O–H groups in total. The molecule has 35 heavy (non-hydrogen) atoms. The average Bonchev–Trinajstić information content (AvgIpc) is 3.47. The van der Waals surface area contributed by atoms with Crippen LogP contribution in [-0.2, 0) is 14.8 Å². The van der Waals surface area contributed by atoms with Crippen LogP contribution in [-0.4, -0.2) is 81.2 Å². The highest BCUT2D eigenvalue weighted by Crippen LogP contribution is 2.36. The Kier molecular flexibility index (Phi) is 5.35. The summed E-state index contributed by atoms with van der Waals surface area (Å²) in [5.41, 5.74) is 3.03. The lowest BCUT2D eigenvalue weighted by molar-refractivity contribution is -0.139. The van der Waals surface area contributed by atoms with Crippen LogP contribution in [0.2, 0.25) is 0 Å². The third-order valence-corrected chi connectivity index (χ3v) is 8.48. The second kappa shape index (κ2) is 8.43. The van der Waals surface area contributed by atoms with Crippen molar-refractivity contribution >= 4 is 21.6 Å². The molecule has 1 atom stereocenters. The second-order valence-electron chi connectivity index (χ2n) is 8.91. The maximum Gasteiger partial charge on any atom is 0.256 e. The molecule has 2 aromatic rings. The van der Waals surface area contributed by atoms with Gasteiger partial charge in [-0.2, -0.15) is 4.31 Å². The van der Waals surface area contributed by atoms with E-state index >= 15 is 0 Å². The van der Waals surface area contributed by atoms with E-state index in [1.54, 1.807) is 29.2 Å². The molecule has 0 radical (unpaired) electrons. The standard InChI is InChI=1S/C24H25N3O7S/c28-23(15-1-3-20-19(9-15)25-5-6-32-20)24(29)26-11-16-13-27(14-17(16)12-26)35(30,31)18-2-4-21-22(10-18)34-8-7-33-21/h1-4,9-10,23,25,28H,5-8,11-14H2. The Labute approximate surface area is 202 Å². The van der Waals surface area contributed by atoms with E-state index in [1.165, 1.54) is 16.4 Å². The van der Waals surface area contributed by atoms with Crippen molar-refractivity contribution in [2.45, 2.75) is 11.0 Å². The van der Waals surface area contributed by atoms with E-state index < -0.39 is 22.0 Å². The van der Waals surface area contributed by atoms with Crippen LogP contribution in [0.3, 0.4) is 0 Å².